The van der Waals surface area contributed by atoms with Crippen LogP contribution in [0.4, 0.5) is 5.82 Å². The molecule has 2 N–H and O–H groups in total. The SMILES string of the molecule is CC1=C(C(=O)Nc2cc(C)ccn2)C(c2cccc(Cl)c2Cl)C2=C(CCCC2=O)N1. The highest BCUT2D eigenvalue weighted by molar-refractivity contribution is 6.42. The maximum atomic E-state index is 13.4. The lowest BCUT2D eigenvalue weighted by Gasteiger charge is -2.35. The van der Waals surface area contributed by atoms with Crippen LogP contribution in [0.3, 0.4) is 0 Å². The molecule has 0 radical (unpaired) electrons. The Morgan fingerprint density at radius 3 is 2.77 bits per heavy atom. The first-order chi connectivity index (χ1) is 14.4. The number of pyridine rings is 1. The Morgan fingerprint density at radius 1 is 1.20 bits per heavy atom. The molecule has 1 unspecified atom stereocenters. The molecular formula is C23H21Cl2N3O2. The van der Waals surface area contributed by atoms with Gasteiger partial charge in [-0.1, -0.05) is 35.3 Å². The zero-order valence-corrected chi connectivity index (χ0v) is 18.2. The van der Waals surface area contributed by atoms with Crippen molar-refractivity contribution in [3.8, 4) is 0 Å². The third-order valence-corrected chi connectivity index (χ3v) is 6.30. The Morgan fingerprint density at radius 2 is 2.00 bits per heavy atom. The molecule has 1 aliphatic carbocycles. The topological polar surface area (TPSA) is 71.1 Å². The fraction of sp³-hybridized carbons (Fsp3) is 0.261. The minimum absolute atomic E-state index is 0.0243. The Hall–Kier alpha value is -2.63. The number of halogens is 2. The van der Waals surface area contributed by atoms with Crippen LogP contribution in [-0.2, 0) is 9.59 Å². The van der Waals surface area contributed by atoms with E-state index in [1.165, 1.54) is 0 Å². The van der Waals surface area contributed by atoms with Crippen molar-refractivity contribution < 1.29 is 9.59 Å². The molecule has 1 aliphatic heterocycles. The third-order valence-electron chi connectivity index (χ3n) is 5.47. The maximum Gasteiger partial charge on any atom is 0.255 e. The van der Waals surface area contributed by atoms with Crippen molar-refractivity contribution in [2.75, 3.05) is 5.32 Å². The predicted molar refractivity (Wildman–Crippen MR) is 119 cm³/mol. The molecule has 1 aromatic carbocycles. The van der Waals surface area contributed by atoms with Crippen molar-refractivity contribution in [1.29, 1.82) is 0 Å². The Kier molecular flexibility index (Phi) is 5.67. The van der Waals surface area contributed by atoms with E-state index in [1.54, 1.807) is 24.4 Å². The summed E-state index contributed by atoms with van der Waals surface area (Å²) in [7, 11) is 0. The van der Waals surface area contributed by atoms with Gasteiger partial charge in [0.1, 0.15) is 5.82 Å². The van der Waals surface area contributed by atoms with Gasteiger partial charge in [0, 0.05) is 41.1 Å². The number of anilines is 1. The summed E-state index contributed by atoms with van der Waals surface area (Å²) in [5.74, 6) is -0.448. The molecular weight excluding hydrogens is 421 g/mol. The summed E-state index contributed by atoms with van der Waals surface area (Å²) >= 11 is 12.8. The van der Waals surface area contributed by atoms with Gasteiger partial charge in [0.05, 0.1) is 10.0 Å². The smallest absolute Gasteiger partial charge is 0.255 e. The number of rotatable bonds is 3. The van der Waals surface area contributed by atoms with Gasteiger partial charge in [0.25, 0.3) is 5.91 Å². The van der Waals surface area contributed by atoms with E-state index in [4.69, 9.17) is 23.2 Å². The fourth-order valence-electron chi connectivity index (χ4n) is 4.13. The van der Waals surface area contributed by atoms with Gasteiger partial charge in [-0.25, -0.2) is 4.98 Å². The van der Waals surface area contributed by atoms with Crippen molar-refractivity contribution in [1.82, 2.24) is 10.3 Å². The van der Waals surface area contributed by atoms with Gasteiger partial charge in [0.15, 0.2) is 5.78 Å². The number of aromatic nitrogens is 1. The zero-order valence-electron chi connectivity index (χ0n) is 16.7. The van der Waals surface area contributed by atoms with Crippen molar-refractivity contribution in [3.63, 3.8) is 0 Å². The number of amides is 1. The van der Waals surface area contributed by atoms with E-state index < -0.39 is 5.92 Å². The number of ketones is 1. The summed E-state index contributed by atoms with van der Waals surface area (Å²) in [5, 5.41) is 6.90. The number of carbonyl (C=O) groups excluding carboxylic acids is 2. The highest BCUT2D eigenvalue weighted by atomic mass is 35.5. The zero-order chi connectivity index (χ0) is 21.4. The van der Waals surface area contributed by atoms with Crippen LogP contribution in [0.15, 0.2) is 59.1 Å². The molecule has 0 saturated carbocycles. The second-order valence-electron chi connectivity index (χ2n) is 7.58. The van der Waals surface area contributed by atoms with Gasteiger partial charge in [-0.15, -0.1) is 0 Å². The quantitative estimate of drug-likeness (QED) is 0.677. The highest BCUT2D eigenvalue weighted by Gasteiger charge is 2.39. The summed E-state index contributed by atoms with van der Waals surface area (Å²) in [6, 6.07) is 8.95. The lowest BCUT2D eigenvalue weighted by molar-refractivity contribution is -0.116. The van der Waals surface area contributed by atoms with E-state index >= 15 is 0 Å². The molecule has 30 heavy (non-hydrogen) atoms. The predicted octanol–water partition coefficient (Wildman–Crippen LogP) is 5.30. The van der Waals surface area contributed by atoms with Crippen LogP contribution >= 0.6 is 23.2 Å². The number of carbonyl (C=O) groups is 2. The molecule has 2 heterocycles. The summed E-state index contributed by atoms with van der Waals surface area (Å²) in [4.78, 5) is 30.6. The minimum atomic E-state index is -0.593. The molecule has 7 heteroatoms. The minimum Gasteiger partial charge on any atom is -0.362 e. The van der Waals surface area contributed by atoms with Crippen molar-refractivity contribution in [2.45, 2.75) is 39.0 Å². The maximum absolute atomic E-state index is 13.4. The Labute approximate surface area is 185 Å². The van der Waals surface area contributed by atoms with E-state index in [1.807, 2.05) is 26.0 Å². The van der Waals surface area contributed by atoms with Gasteiger partial charge in [-0.05, 0) is 56.0 Å². The number of hydrogen-bond donors (Lipinski definition) is 2. The molecule has 1 amide bonds. The average molecular weight is 442 g/mol. The third kappa shape index (κ3) is 3.75. The van der Waals surface area contributed by atoms with Gasteiger partial charge in [-0.3, -0.25) is 9.59 Å². The molecule has 154 valence electrons. The normalized spacial score (nSPS) is 18.8. The fourth-order valence-corrected chi connectivity index (χ4v) is 4.54. The molecule has 4 rings (SSSR count). The Bertz CT molecular complexity index is 1120. The number of Topliss-reactive ketones (excluding diaryl/α,β-unsaturated/α-hetero) is 1. The summed E-state index contributed by atoms with van der Waals surface area (Å²) in [5.41, 5.74) is 4.21. The second-order valence-corrected chi connectivity index (χ2v) is 8.37. The van der Waals surface area contributed by atoms with Gasteiger partial charge in [-0.2, -0.15) is 0 Å². The Balaban J connectivity index is 1.83. The molecule has 1 aromatic heterocycles. The molecule has 0 spiro atoms. The number of dihydropyridines is 1. The van der Waals surface area contributed by atoms with Crippen molar-refractivity contribution >= 4 is 40.7 Å². The van der Waals surface area contributed by atoms with Gasteiger partial charge < -0.3 is 10.6 Å². The monoisotopic (exact) mass is 441 g/mol. The standard InChI is InChI=1S/C23H21Cl2N3O2/c1-12-9-10-26-18(11-12)28-23(30)19-13(2)27-16-7-4-8-17(29)21(16)20(19)14-5-3-6-15(24)22(14)25/h3,5-6,9-11,20,27H,4,7-8H2,1-2H3,(H,26,28,30). The number of hydrogen-bond acceptors (Lipinski definition) is 4. The first-order valence-electron chi connectivity index (χ1n) is 9.78. The molecule has 0 saturated heterocycles. The number of nitrogens with one attached hydrogen (secondary N) is 2. The van der Waals surface area contributed by atoms with Crippen LogP contribution in [0.1, 0.15) is 43.2 Å². The molecule has 2 aromatic rings. The first-order valence-corrected chi connectivity index (χ1v) is 10.5. The lowest BCUT2D eigenvalue weighted by atomic mass is 9.75. The number of benzene rings is 1. The van der Waals surface area contributed by atoms with E-state index in [-0.39, 0.29) is 11.7 Å². The second kappa shape index (κ2) is 8.25. The highest BCUT2D eigenvalue weighted by Crippen LogP contribution is 2.45. The van der Waals surface area contributed by atoms with Crippen LogP contribution < -0.4 is 10.6 Å². The number of allylic oxidation sites excluding steroid dienone is 3. The first kappa shape index (κ1) is 20.6. The van der Waals surface area contributed by atoms with Crippen LogP contribution in [0, 0.1) is 6.92 Å². The molecule has 1 atom stereocenters. The lowest BCUT2D eigenvalue weighted by Crippen LogP contribution is -2.35. The molecule has 2 aliphatic rings. The van der Waals surface area contributed by atoms with Crippen LogP contribution in [0.2, 0.25) is 10.0 Å². The van der Waals surface area contributed by atoms with E-state index in [0.717, 1.165) is 24.1 Å². The van der Waals surface area contributed by atoms with Gasteiger partial charge in [0.2, 0.25) is 0 Å². The van der Waals surface area contributed by atoms with Crippen LogP contribution in [0.25, 0.3) is 0 Å². The van der Waals surface area contributed by atoms with Crippen LogP contribution in [-0.4, -0.2) is 16.7 Å². The summed E-state index contributed by atoms with van der Waals surface area (Å²) in [6.45, 7) is 3.77. The number of aryl methyl sites for hydroxylation is 1. The largest absolute Gasteiger partial charge is 0.362 e. The molecule has 5 nitrogen and oxygen atoms in total. The average Bonchev–Trinajstić information content (AvgIpc) is 2.69. The van der Waals surface area contributed by atoms with E-state index in [0.29, 0.717) is 44.7 Å². The number of nitrogens with zero attached hydrogens (tertiary/aromatic N) is 1. The van der Waals surface area contributed by atoms with E-state index in [9.17, 15) is 9.59 Å². The van der Waals surface area contributed by atoms with Gasteiger partial charge >= 0.3 is 0 Å². The summed E-state index contributed by atoms with van der Waals surface area (Å²) < 4.78 is 0. The molecule has 0 bridgehead atoms. The van der Waals surface area contributed by atoms with Crippen LogP contribution in [0.5, 0.6) is 0 Å². The molecule has 0 fully saturated rings. The summed E-state index contributed by atoms with van der Waals surface area (Å²) in [6.07, 6.45) is 3.62. The van der Waals surface area contributed by atoms with Crippen molar-refractivity contribution in [2.24, 2.45) is 0 Å². The van der Waals surface area contributed by atoms with E-state index in [2.05, 4.69) is 15.6 Å². The van der Waals surface area contributed by atoms with Crippen molar-refractivity contribution in [3.05, 3.63) is 80.2 Å².